The smallest absolute Gasteiger partial charge is 0.219 e. The zero-order valence-corrected chi connectivity index (χ0v) is 6.18. The first-order valence-corrected chi connectivity index (χ1v) is 3.25. The summed E-state index contributed by atoms with van der Waals surface area (Å²) in [6, 6.07) is 6.72. The van der Waals surface area contributed by atoms with Crippen LogP contribution in [0.1, 0.15) is 10.4 Å². The summed E-state index contributed by atoms with van der Waals surface area (Å²) in [6.07, 6.45) is 1.53. The van der Waals surface area contributed by atoms with Gasteiger partial charge >= 0.3 is 0 Å². The van der Waals surface area contributed by atoms with E-state index >= 15 is 0 Å². The Kier molecular flexibility index (Phi) is 2.98. The van der Waals surface area contributed by atoms with Crippen molar-refractivity contribution in [1.82, 2.24) is 0 Å². The standard InChI is InChI=1S/C8H7NO3/c10-5-7-3-1-2-4-8(7)9-6-12-11/h1-6,11H. The van der Waals surface area contributed by atoms with Crippen molar-refractivity contribution < 1.29 is 14.9 Å². The molecule has 1 aromatic carbocycles. The van der Waals surface area contributed by atoms with Crippen LogP contribution in [-0.4, -0.2) is 17.9 Å². The topological polar surface area (TPSA) is 58.9 Å². The molecule has 0 aliphatic carbocycles. The summed E-state index contributed by atoms with van der Waals surface area (Å²) < 4.78 is 0. The first-order chi connectivity index (χ1) is 5.88. The van der Waals surface area contributed by atoms with E-state index in [1.54, 1.807) is 24.3 Å². The number of aldehydes is 1. The summed E-state index contributed by atoms with van der Waals surface area (Å²) in [4.78, 5) is 17.7. The second-order valence-corrected chi connectivity index (χ2v) is 2.02. The van der Waals surface area contributed by atoms with Gasteiger partial charge in [-0.05, 0) is 12.1 Å². The third-order valence-electron chi connectivity index (χ3n) is 1.30. The van der Waals surface area contributed by atoms with Gasteiger partial charge in [-0.15, -0.1) is 0 Å². The van der Waals surface area contributed by atoms with E-state index in [1.807, 2.05) is 0 Å². The number of rotatable bonds is 3. The second kappa shape index (κ2) is 4.25. The Morgan fingerprint density at radius 3 is 2.83 bits per heavy atom. The molecule has 0 bridgehead atoms. The molecule has 0 atom stereocenters. The third kappa shape index (κ3) is 1.90. The molecule has 62 valence electrons. The van der Waals surface area contributed by atoms with E-state index in [4.69, 9.17) is 5.26 Å². The highest BCUT2D eigenvalue weighted by Crippen LogP contribution is 2.15. The van der Waals surface area contributed by atoms with Crippen molar-refractivity contribution in [3.63, 3.8) is 0 Å². The predicted octanol–water partition coefficient (Wildman–Crippen LogP) is 1.65. The molecule has 4 nitrogen and oxygen atoms in total. The van der Waals surface area contributed by atoms with Crippen molar-refractivity contribution in [1.29, 1.82) is 0 Å². The summed E-state index contributed by atoms with van der Waals surface area (Å²) in [5.74, 6) is 0. The second-order valence-electron chi connectivity index (χ2n) is 2.02. The van der Waals surface area contributed by atoms with E-state index in [9.17, 15) is 4.79 Å². The van der Waals surface area contributed by atoms with Crippen LogP contribution in [0.15, 0.2) is 29.3 Å². The molecule has 0 amide bonds. The lowest BCUT2D eigenvalue weighted by Crippen LogP contribution is -1.81. The predicted molar refractivity (Wildman–Crippen MR) is 43.7 cm³/mol. The van der Waals surface area contributed by atoms with Crippen molar-refractivity contribution in [3.8, 4) is 0 Å². The Balaban J connectivity index is 2.96. The Morgan fingerprint density at radius 1 is 1.42 bits per heavy atom. The van der Waals surface area contributed by atoms with Crippen molar-refractivity contribution in [2.24, 2.45) is 4.99 Å². The molecule has 0 heterocycles. The molecule has 0 aliphatic rings. The molecule has 0 fully saturated rings. The van der Waals surface area contributed by atoms with Crippen LogP contribution in [0.4, 0.5) is 5.69 Å². The van der Waals surface area contributed by atoms with E-state index in [2.05, 4.69) is 9.88 Å². The van der Waals surface area contributed by atoms with Crippen LogP contribution in [-0.2, 0) is 4.89 Å². The monoisotopic (exact) mass is 165 g/mol. The van der Waals surface area contributed by atoms with Crippen LogP contribution in [0.2, 0.25) is 0 Å². The molecule has 0 radical (unpaired) electrons. The van der Waals surface area contributed by atoms with Crippen LogP contribution in [0, 0.1) is 0 Å². The van der Waals surface area contributed by atoms with Crippen LogP contribution in [0.3, 0.4) is 0 Å². The van der Waals surface area contributed by atoms with Crippen LogP contribution in [0.25, 0.3) is 0 Å². The number of aliphatic imine (C=N–C) groups is 1. The highest BCUT2D eigenvalue weighted by atomic mass is 17.1. The average molecular weight is 165 g/mol. The van der Waals surface area contributed by atoms with Gasteiger partial charge in [0.25, 0.3) is 0 Å². The highest BCUT2D eigenvalue weighted by Gasteiger charge is 1.95. The van der Waals surface area contributed by atoms with E-state index in [0.717, 1.165) is 6.40 Å². The van der Waals surface area contributed by atoms with Crippen molar-refractivity contribution >= 4 is 18.4 Å². The number of benzene rings is 1. The maximum atomic E-state index is 10.4. The Bertz CT molecular complexity index is 296. The quantitative estimate of drug-likeness (QED) is 0.243. The molecule has 0 spiro atoms. The minimum absolute atomic E-state index is 0.450. The van der Waals surface area contributed by atoms with Gasteiger partial charge in [0, 0.05) is 5.56 Å². The fourth-order valence-corrected chi connectivity index (χ4v) is 0.785. The normalized spacial score (nSPS) is 10.1. The molecular weight excluding hydrogens is 158 g/mol. The van der Waals surface area contributed by atoms with Crippen molar-refractivity contribution in [2.75, 3.05) is 0 Å². The van der Waals surface area contributed by atoms with E-state index in [0.29, 0.717) is 17.5 Å². The third-order valence-corrected chi connectivity index (χ3v) is 1.30. The number of carbonyl (C=O) groups is 1. The molecule has 1 N–H and O–H groups in total. The van der Waals surface area contributed by atoms with E-state index < -0.39 is 0 Å². The average Bonchev–Trinajstić information content (AvgIpc) is 2.15. The minimum Gasteiger partial charge on any atom is -0.328 e. The van der Waals surface area contributed by atoms with E-state index in [1.165, 1.54) is 0 Å². The van der Waals surface area contributed by atoms with Gasteiger partial charge in [0.05, 0.1) is 5.69 Å². The number of hydrogen-bond donors (Lipinski definition) is 1. The zero-order chi connectivity index (χ0) is 8.81. The molecule has 0 aliphatic heterocycles. The SMILES string of the molecule is O=Cc1ccccc1N=COO. The van der Waals surface area contributed by atoms with Crippen molar-refractivity contribution in [2.45, 2.75) is 0 Å². The maximum absolute atomic E-state index is 10.4. The van der Waals surface area contributed by atoms with Gasteiger partial charge in [-0.3, -0.25) is 4.79 Å². The van der Waals surface area contributed by atoms with Gasteiger partial charge in [-0.25, -0.2) is 10.2 Å². The Hall–Kier alpha value is -1.68. The zero-order valence-electron chi connectivity index (χ0n) is 6.18. The molecule has 1 aromatic rings. The fourth-order valence-electron chi connectivity index (χ4n) is 0.785. The lowest BCUT2D eigenvalue weighted by Gasteiger charge is -1.94. The highest BCUT2D eigenvalue weighted by molar-refractivity contribution is 5.83. The van der Waals surface area contributed by atoms with Crippen molar-refractivity contribution in [3.05, 3.63) is 29.8 Å². The van der Waals surface area contributed by atoms with Gasteiger partial charge in [0.2, 0.25) is 6.40 Å². The summed E-state index contributed by atoms with van der Waals surface area (Å²) >= 11 is 0. The summed E-state index contributed by atoms with van der Waals surface area (Å²) in [5, 5.41) is 7.95. The number of nitrogens with zero attached hydrogens (tertiary/aromatic N) is 1. The molecule has 1 rings (SSSR count). The Labute approximate surface area is 69.1 Å². The van der Waals surface area contributed by atoms with Gasteiger partial charge in [0.15, 0.2) is 6.29 Å². The first-order valence-electron chi connectivity index (χ1n) is 3.25. The lowest BCUT2D eigenvalue weighted by molar-refractivity contribution is -0.147. The molecule has 0 saturated carbocycles. The first kappa shape index (κ1) is 8.42. The molecule has 0 saturated heterocycles. The fraction of sp³-hybridized carbons (Fsp3) is 0. The molecule has 0 unspecified atom stereocenters. The van der Waals surface area contributed by atoms with Gasteiger partial charge in [0.1, 0.15) is 0 Å². The number of hydrogen-bond acceptors (Lipinski definition) is 4. The van der Waals surface area contributed by atoms with Gasteiger partial charge in [-0.1, -0.05) is 12.1 Å². The summed E-state index contributed by atoms with van der Waals surface area (Å²) in [5.41, 5.74) is 0.910. The largest absolute Gasteiger partial charge is 0.328 e. The summed E-state index contributed by atoms with van der Waals surface area (Å²) in [7, 11) is 0. The molecule has 4 heteroatoms. The molecule has 0 aromatic heterocycles. The van der Waals surface area contributed by atoms with Crippen LogP contribution < -0.4 is 0 Å². The van der Waals surface area contributed by atoms with Gasteiger partial charge < -0.3 is 4.89 Å². The maximum Gasteiger partial charge on any atom is 0.219 e. The summed E-state index contributed by atoms with van der Waals surface area (Å²) in [6.45, 7) is 0. The molecule has 12 heavy (non-hydrogen) atoms. The lowest BCUT2D eigenvalue weighted by atomic mass is 10.2. The molecular formula is C8H7NO3. The number of carbonyl (C=O) groups excluding carboxylic acids is 1. The van der Waals surface area contributed by atoms with Crippen LogP contribution in [0.5, 0.6) is 0 Å². The Morgan fingerprint density at radius 2 is 2.17 bits per heavy atom. The van der Waals surface area contributed by atoms with Gasteiger partial charge in [-0.2, -0.15) is 0 Å². The van der Waals surface area contributed by atoms with E-state index in [-0.39, 0.29) is 0 Å². The van der Waals surface area contributed by atoms with Crippen LogP contribution >= 0.6 is 0 Å². The number of para-hydroxylation sites is 1. The minimum atomic E-state index is 0.450.